The SMILES string of the molecule is CCCCOc1ccc(S(=O)(=O)Nc2ccc(C(=O)CBr)cc2)cc1. The van der Waals surface area contributed by atoms with Gasteiger partial charge < -0.3 is 4.74 Å². The lowest BCUT2D eigenvalue weighted by molar-refractivity contribution is 0.102. The molecule has 25 heavy (non-hydrogen) atoms. The number of hydrogen-bond donors (Lipinski definition) is 1. The molecule has 2 rings (SSSR count). The topological polar surface area (TPSA) is 72.5 Å². The number of carbonyl (C=O) groups is 1. The fraction of sp³-hybridized carbons (Fsp3) is 0.278. The van der Waals surface area contributed by atoms with E-state index in [4.69, 9.17) is 4.74 Å². The number of ether oxygens (including phenoxy) is 1. The third-order valence-electron chi connectivity index (χ3n) is 3.48. The molecule has 0 aliphatic heterocycles. The van der Waals surface area contributed by atoms with Gasteiger partial charge in [0.15, 0.2) is 5.78 Å². The van der Waals surface area contributed by atoms with Crippen LogP contribution in [0.25, 0.3) is 0 Å². The number of nitrogens with one attached hydrogen (secondary N) is 1. The molecule has 134 valence electrons. The zero-order valence-electron chi connectivity index (χ0n) is 13.9. The molecular weight excluding hydrogens is 406 g/mol. The van der Waals surface area contributed by atoms with Crippen LogP contribution in [0.2, 0.25) is 0 Å². The van der Waals surface area contributed by atoms with Crippen LogP contribution in [-0.4, -0.2) is 26.1 Å². The highest BCUT2D eigenvalue weighted by Gasteiger charge is 2.14. The molecule has 0 spiro atoms. The molecule has 0 amide bonds. The summed E-state index contributed by atoms with van der Waals surface area (Å²) in [6.07, 6.45) is 1.99. The van der Waals surface area contributed by atoms with Gasteiger partial charge in [-0.25, -0.2) is 8.42 Å². The number of sulfonamides is 1. The number of alkyl halides is 1. The van der Waals surface area contributed by atoms with Crippen LogP contribution >= 0.6 is 15.9 Å². The molecule has 0 saturated carbocycles. The van der Waals surface area contributed by atoms with Gasteiger partial charge >= 0.3 is 0 Å². The van der Waals surface area contributed by atoms with Gasteiger partial charge in [0.2, 0.25) is 0 Å². The van der Waals surface area contributed by atoms with Crippen molar-refractivity contribution in [3.05, 3.63) is 54.1 Å². The highest BCUT2D eigenvalue weighted by molar-refractivity contribution is 9.09. The van der Waals surface area contributed by atoms with Crippen LogP contribution in [0, 0.1) is 0 Å². The van der Waals surface area contributed by atoms with Crippen LogP contribution in [-0.2, 0) is 10.0 Å². The van der Waals surface area contributed by atoms with Crippen molar-refractivity contribution in [1.82, 2.24) is 0 Å². The standard InChI is InChI=1S/C18H20BrNO4S/c1-2-3-12-24-16-8-10-17(11-9-16)25(22,23)20-15-6-4-14(5-7-15)18(21)13-19/h4-11,20H,2-3,12-13H2,1H3. The number of hydrogen-bond acceptors (Lipinski definition) is 4. The summed E-state index contributed by atoms with van der Waals surface area (Å²) in [6.45, 7) is 2.69. The van der Waals surface area contributed by atoms with Gasteiger partial charge in [-0.2, -0.15) is 0 Å². The van der Waals surface area contributed by atoms with E-state index < -0.39 is 10.0 Å². The Bertz CT molecular complexity index is 802. The van der Waals surface area contributed by atoms with Gasteiger partial charge in [-0.05, 0) is 55.0 Å². The van der Waals surface area contributed by atoms with Crippen LogP contribution in [0.4, 0.5) is 5.69 Å². The molecule has 0 heterocycles. The number of unbranched alkanes of at least 4 members (excludes halogenated alkanes) is 1. The Hall–Kier alpha value is -1.86. The van der Waals surface area contributed by atoms with Crippen LogP contribution in [0.1, 0.15) is 30.1 Å². The minimum atomic E-state index is -3.69. The first kappa shape index (κ1) is 19.5. The van der Waals surface area contributed by atoms with E-state index in [-0.39, 0.29) is 16.0 Å². The molecule has 0 aliphatic carbocycles. The number of halogens is 1. The van der Waals surface area contributed by atoms with Gasteiger partial charge in [0.05, 0.1) is 16.8 Å². The molecule has 2 aromatic carbocycles. The zero-order chi connectivity index (χ0) is 18.3. The van der Waals surface area contributed by atoms with Gasteiger partial charge in [0.25, 0.3) is 10.0 Å². The van der Waals surface area contributed by atoms with E-state index in [1.807, 2.05) is 0 Å². The molecule has 0 bridgehead atoms. The van der Waals surface area contributed by atoms with Gasteiger partial charge in [-0.15, -0.1) is 0 Å². The third kappa shape index (κ3) is 5.57. The molecule has 0 saturated heterocycles. The quantitative estimate of drug-likeness (QED) is 0.370. The first-order valence-electron chi connectivity index (χ1n) is 7.91. The Labute approximate surface area is 156 Å². The maximum Gasteiger partial charge on any atom is 0.261 e. The fourth-order valence-electron chi connectivity index (χ4n) is 2.06. The highest BCUT2D eigenvalue weighted by Crippen LogP contribution is 2.20. The molecule has 0 radical (unpaired) electrons. The lowest BCUT2D eigenvalue weighted by Crippen LogP contribution is -2.13. The number of ketones is 1. The molecular formula is C18H20BrNO4S. The van der Waals surface area contributed by atoms with E-state index in [0.717, 1.165) is 12.8 Å². The van der Waals surface area contributed by atoms with Crippen molar-refractivity contribution in [1.29, 1.82) is 0 Å². The summed E-state index contributed by atoms with van der Waals surface area (Å²) in [5, 5.41) is 0.227. The molecule has 5 nitrogen and oxygen atoms in total. The summed E-state index contributed by atoms with van der Waals surface area (Å²) in [6, 6.07) is 12.6. The lowest BCUT2D eigenvalue weighted by atomic mass is 10.1. The minimum absolute atomic E-state index is 0.0620. The second-order valence-corrected chi connectivity index (χ2v) is 7.66. The summed E-state index contributed by atoms with van der Waals surface area (Å²) >= 11 is 3.10. The summed E-state index contributed by atoms with van der Waals surface area (Å²) in [5.74, 6) is 0.582. The Morgan fingerprint density at radius 1 is 1.08 bits per heavy atom. The Morgan fingerprint density at radius 2 is 1.72 bits per heavy atom. The molecule has 1 N–H and O–H groups in total. The molecule has 0 unspecified atom stereocenters. The van der Waals surface area contributed by atoms with Gasteiger partial charge in [0.1, 0.15) is 5.75 Å². The Balaban J connectivity index is 2.06. The van der Waals surface area contributed by atoms with Crippen molar-refractivity contribution >= 4 is 37.4 Å². The van der Waals surface area contributed by atoms with E-state index in [1.165, 1.54) is 12.1 Å². The van der Waals surface area contributed by atoms with Crippen molar-refractivity contribution in [3.8, 4) is 5.75 Å². The van der Waals surface area contributed by atoms with E-state index in [0.29, 0.717) is 23.6 Å². The van der Waals surface area contributed by atoms with Crippen molar-refractivity contribution in [2.75, 3.05) is 16.7 Å². The predicted molar refractivity (Wildman–Crippen MR) is 102 cm³/mol. The molecule has 0 fully saturated rings. The highest BCUT2D eigenvalue weighted by atomic mass is 79.9. The van der Waals surface area contributed by atoms with Crippen molar-refractivity contribution in [2.24, 2.45) is 0 Å². The molecule has 0 atom stereocenters. The largest absolute Gasteiger partial charge is 0.494 e. The summed E-state index contributed by atoms with van der Waals surface area (Å²) < 4.78 is 32.9. The summed E-state index contributed by atoms with van der Waals surface area (Å²) in [5.41, 5.74) is 0.919. The number of Topliss-reactive ketones (excluding diaryl/α,β-unsaturated/α-hetero) is 1. The summed E-state index contributed by atoms with van der Waals surface area (Å²) in [4.78, 5) is 11.7. The van der Waals surface area contributed by atoms with E-state index >= 15 is 0 Å². The van der Waals surface area contributed by atoms with E-state index in [2.05, 4.69) is 27.6 Å². The predicted octanol–water partition coefficient (Wildman–Crippen LogP) is 4.24. The van der Waals surface area contributed by atoms with Crippen molar-refractivity contribution in [3.63, 3.8) is 0 Å². The van der Waals surface area contributed by atoms with Gasteiger partial charge in [0, 0.05) is 11.3 Å². The Kier molecular flexibility index (Phi) is 7.01. The van der Waals surface area contributed by atoms with Crippen molar-refractivity contribution < 1.29 is 17.9 Å². The van der Waals surface area contributed by atoms with E-state index in [1.54, 1.807) is 36.4 Å². The van der Waals surface area contributed by atoms with Gasteiger partial charge in [-0.3, -0.25) is 9.52 Å². The normalized spacial score (nSPS) is 11.1. The molecule has 7 heteroatoms. The third-order valence-corrected chi connectivity index (χ3v) is 5.39. The first-order valence-corrected chi connectivity index (χ1v) is 10.5. The van der Waals surface area contributed by atoms with Crippen LogP contribution in [0.3, 0.4) is 0 Å². The minimum Gasteiger partial charge on any atom is -0.494 e. The smallest absolute Gasteiger partial charge is 0.261 e. The second kappa shape index (κ2) is 9.01. The maximum atomic E-state index is 12.4. The van der Waals surface area contributed by atoms with Crippen LogP contribution in [0.5, 0.6) is 5.75 Å². The maximum absolute atomic E-state index is 12.4. The fourth-order valence-corrected chi connectivity index (χ4v) is 3.45. The second-order valence-electron chi connectivity index (χ2n) is 5.41. The van der Waals surface area contributed by atoms with Crippen LogP contribution < -0.4 is 9.46 Å². The lowest BCUT2D eigenvalue weighted by Gasteiger charge is -2.10. The zero-order valence-corrected chi connectivity index (χ0v) is 16.3. The first-order chi connectivity index (χ1) is 12.0. The number of carbonyl (C=O) groups excluding carboxylic acids is 1. The molecule has 2 aromatic rings. The monoisotopic (exact) mass is 425 g/mol. The molecule has 0 aliphatic rings. The van der Waals surface area contributed by atoms with Crippen LogP contribution in [0.15, 0.2) is 53.4 Å². The van der Waals surface area contributed by atoms with Crippen molar-refractivity contribution in [2.45, 2.75) is 24.7 Å². The van der Waals surface area contributed by atoms with Gasteiger partial charge in [-0.1, -0.05) is 29.3 Å². The number of anilines is 1. The van der Waals surface area contributed by atoms with E-state index in [9.17, 15) is 13.2 Å². The average molecular weight is 426 g/mol. The number of benzene rings is 2. The summed E-state index contributed by atoms with van der Waals surface area (Å²) in [7, 11) is -3.69. The molecule has 0 aromatic heterocycles. The average Bonchev–Trinajstić information content (AvgIpc) is 2.62. The Morgan fingerprint density at radius 3 is 2.28 bits per heavy atom. The number of rotatable bonds is 9.